The molecule has 3 rings (SSSR count). The van der Waals surface area contributed by atoms with Gasteiger partial charge in [0.05, 0.1) is 11.1 Å². The van der Waals surface area contributed by atoms with E-state index in [0.717, 1.165) is 28.5 Å². The molecular weight excluding hydrogens is 381 g/mol. The molecule has 0 unspecified atom stereocenters. The number of aromatic nitrogens is 1. The maximum atomic E-state index is 13.6. The second-order valence-corrected chi connectivity index (χ2v) is 6.75. The van der Waals surface area contributed by atoms with Gasteiger partial charge in [0.2, 0.25) is 0 Å². The first kappa shape index (κ1) is 18.8. The van der Waals surface area contributed by atoms with Gasteiger partial charge in [-0.2, -0.15) is 0 Å². The smallest absolute Gasteiger partial charge is 0.310 e. The number of carbonyl (C=O) groups excluding carboxylic acids is 2. The predicted octanol–water partition coefficient (Wildman–Crippen LogP) is 3.75. The molecule has 1 amide bonds. The molecule has 1 heterocycles. The summed E-state index contributed by atoms with van der Waals surface area (Å²) in [6.45, 7) is 1.36. The van der Waals surface area contributed by atoms with Crippen molar-refractivity contribution in [1.29, 1.82) is 0 Å². The fraction of sp³-hybridized carbons (Fsp3) is 0.167. The molecule has 3 aromatic rings. The highest BCUT2D eigenvalue weighted by atomic mass is 32.1. The third-order valence-corrected chi connectivity index (χ3v) is 4.52. The van der Waals surface area contributed by atoms with E-state index in [1.54, 1.807) is 12.1 Å². The molecule has 1 aromatic heterocycles. The van der Waals surface area contributed by atoms with E-state index >= 15 is 0 Å². The average molecular weight is 394 g/mol. The quantitative estimate of drug-likeness (QED) is 0.529. The van der Waals surface area contributed by atoms with Crippen molar-refractivity contribution in [3.63, 3.8) is 0 Å². The van der Waals surface area contributed by atoms with E-state index in [2.05, 4.69) is 10.3 Å². The maximum absolute atomic E-state index is 13.6. The Bertz CT molecular complexity index is 1020. The summed E-state index contributed by atoms with van der Waals surface area (Å²) in [5.74, 6) is -5.69. The molecule has 0 bridgehead atoms. The van der Waals surface area contributed by atoms with Crippen LogP contribution in [-0.2, 0) is 20.7 Å². The molecule has 0 saturated heterocycles. The van der Waals surface area contributed by atoms with Crippen LogP contribution >= 0.6 is 11.3 Å². The molecule has 2 aromatic carbocycles. The van der Waals surface area contributed by atoms with E-state index in [1.807, 2.05) is 19.1 Å². The highest BCUT2D eigenvalue weighted by Gasteiger charge is 2.18. The highest BCUT2D eigenvalue weighted by molar-refractivity contribution is 7.22. The largest absolute Gasteiger partial charge is 0.455 e. The fourth-order valence-corrected chi connectivity index (χ4v) is 3.16. The van der Waals surface area contributed by atoms with Crippen LogP contribution in [0.2, 0.25) is 0 Å². The standard InChI is InChI=1S/C18H13F3N2O3S/c1-9-2-4-10(5-3-9)6-14(25)26-8-13(24)22-18-23-17-12(27-18)7-11(19)15(20)16(17)21/h2-5,7H,6,8H2,1H3,(H,22,23,24). The van der Waals surface area contributed by atoms with Crippen molar-refractivity contribution in [1.82, 2.24) is 4.98 Å². The van der Waals surface area contributed by atoms with Crippen LogP contribution in [-0.4, -0.2) is 23.5 Å². The molecule has 0 aliphatic carbocycles. The highest BCUT2D eigenvalue weighted by Crippen LogP contribution is 2.30. The summed E-state index contributed by atoms with van der Waals surface area (Å²) in [4.78, 5) is 27.3. The van der Waals surface area contributed by atoms with Crippen molar-refractivity contribution >= 4 is 38.6 Å². The fourth-order valence-electron chi connectivity index (χ4n) is 2.25. The van der Waals surface area contributed by atoms with Gasteiger partial charge in [-0.15, -0.1) is 0 Å². The van der Waals surface area contributed by atoms with Crippen LogP contribution in [0.4, 0.5) is 18.3 Å². The zero-order chi connectivity index (χ0) is 19.6. The molecule has 0 radical (unpaired) electrons. The van der Waals surface area contributed by atoms with Gasteiger partial charge in [0.1, 0.15) is 5.52 Å². The summed E-state index contributed by atoms with van der Waals surface area (Å²) in [5, 5.41) is 2.24. The van der Waals surface area contributed by atoms with Gasteiger partial charge in [0.15, 0.2) is 29.2 Å². The number of rotatable bonds is 5. The van der Waals surface area contributed by atoms with Crippen LogP contribution in [0.3, 0.4) is 0 Å². The molecule has 1 N–H and O–H groups in total. The maximum Gasteiger partial charge on any atom is 0.310 e. The Labute approximate surface area is 155 Å². The molecule has 0 saturated carbocycles. The number of benzene rings is 2. The van der Waals surface area contributed by atoms with Gasteiger partial charge >= 0.3 is 5.97 Å². The van der Waals surface area contributed by atoms with Crippen molar-refractivity contribution in [2.24, 2.45) is 0 Å². The van der Waals surface area contributed by atoms with Gasteiger partial charge in [0.25, 0.3) is 5.91 Å². The third-order valence-electron chi connectivity index (χ3n) is 3.60. The predicted molar refractivity (Wildman–Crippen MR) is 94.0 cm³/mol. The average Bonchev–Trinajstić information content (AvgIpc) is 3.02. The Morgan fingerprint density at radius 3 is 2.56 bits per heavy atom. The second-order valence-electron chi connectivity index (χ2n) is 5.72. The number of aryl methyl sites for hydroxylation is 1. The van der Waals surface area contributed by atoms with Crippen LogP contribution in [0, 0.1) is 24.4 Å². The Morgan fingerprint density at radius 2 is 1.85 bits per heavy atom. The molecule has 9 heteroatoms. The van der Waals surface area contributed by atoms with Crippen LogP contribution < -0.4 is 5.32 Å². The van der Waals surface area contributed by atoms with Gasteiger partial charge in [-0.3, -0.25) is 14.9 Å². The number of ether oxygens (including phenoxy) is 1. The first-order chi connectivity index (χ1) is 12.8. The van der Waals surface area contributed by atoms with Crippen molar-refractivity contribution in [2.75, 3.05) is 11.9 Å². The molecule has 0 aliphatic heterocycles. The number of amides is 1. The number of thiazole rings is 1. The number of halogens is 3. The van der Waals surface area contributed by atoms with E-state index in [9.17, 15) is 22.8 Å². The summed E-state index contributed by atoms with van der Waals surface area (Å²) in [6, 6.07) is 8.07. The second kappa shape index (κ2) is 7.75. The van der Waals surface area contributed by atoms with Gasteiger partial charge < -0.3 is 4.74 Å². The Hall–Kier alpha value is -2.94. The van der Waals surface area contributed by atoms with Gasteiger partial charge in [0, 0.05) is 0 Å². The summed E-state index contributed by atoms with van der Waals surface area (Å²) in [5.41, 5.74) is 1.42. The normalized spacial score (nSPS) is 10.8. The number of carbonyl (C=O) groups is 2. The lowest BCUT2D eigenvalue weighted by Crippen LogP contribution is -2.21. The Morgan fingerprint density at radius 1 is 1.15 bits per heavy atom. The third kappa shape index (κ3) is 4.43. The summed E-state index contributed by atoms with van der Waals surface area (Å²) >= 11 is 0.771. The van der Waals surface area contributed by atoms with E-state index in [-0.39, 0.29) is 21.8 Å². The number of esters is 1. The number of hydrogen-bond acceptors (Lipinski definition) is 5. The zero-order valence-corrected chi connectivity index (χ0v) is 14.8. The first-order valence-corrected chi connectivity index (χ1v) is 8.60. The molecule has 0 spiro atoms. The van der Waals surface area contributed by atoms with Crippen LogP contribution in [0.1, 0.15) is 11.1 Å². The van der Waals surface area contributed by atoms with Crippen molar-refractivity contribution < 1.29 is 27.5 Å². The van der Waals surface area contributed by atoms with Gasteiger partial charge in [-0.25, -0.2) is 18.2 Å². The molecule has 27 heavy (non-hydrogen) atoms. The van der Waals surface area contributed by atoms with E-state index in [1.165, 1.54) is 0 Å². The lowest BCUT2D eigenvalue weighted by atomic mass is 10.1. The number of fused-ring (bicyclic) bond motifs is 1. The molecular formula is C18H13F3N2O3S. The molecule has 0 fully saturated rings. The van der Waals surface area contributed by atoms with Crippen molar-refractivity contribution in [3.8, 4) is 0 Å². The summed E-state index contributed by atoms with van der Waals surface area (Å²) in [6.07, 6.45) is 0.0124. The topological polar surface area (TPSA) is 68.3 Å². The summed E-state index contributed by atoms with van der Waals surface area (Å²) in [7, 11) is 0. The molecule has 5 nitrogen and oxygen atoms in total. The lowest BCUT2D eigenvalue weighted by molar-refractivity contribution is -0.146. The minimum atomic E-state index is -1.63. The van der Waals surface area contributed by atoms with Gasteiger partial charge in [-0.05, 0) is 18.6 Å². The number of nitrogens with one attached hydrogen (secondary N) is 1. The van der Waals surface area contributed by atoms with Gasteiger partial charge in [-0.1, -0.05) is 41.2 Å². The Kier molecular flexibility index (Phi) is 5.41. The summed E-state index contributed by atoms with van der Waals surface area (Å²) < 4.78 is 45.0. The minimum Gasteiger partial charge on any atom is -0.455 e. The molecule has 0 atom stereocenters. The lowest BCUT2D eigenvalue weighted by Gasteiger charge is -2.05. The monoisotopic (exact) mass is 394 g/mol. The molecule has 140 valence electrons. The van der Waals surface area contributed by atoms with Crippen LogP contribution in [0.15, 0.2) is 30.3 Å². The van der Waals surface area contributed by atoms with Crippen LogP contribution in [0.25, 0.3) is 10.2 Å². The first-order valence-electron chi connectivity index (χ1n) is 7.78. The van der Waals surface area contributed by atoms with E-state index in [4.69, 9.17) is 4.74 Å². The number of anilines is 1. The number of nitrogens with zero attached hydrogens (tertiary/aromatic N) is 1. The van der Waals surface area contributed by atoms with Crippen molar-refractivity contribution in [3.05, 3.63) is 58.9 Å². The van der Waals surface area contributed by atoms with E-state index < -0.39 is 35.9 Å². The SMILES string of the molecule is Cc1ccc(CC(=O)OCC(=O)Nc2nc3c(F)c(F)c(F)cc3s2)cc1. The van der Waals surface area contributed by atoms with Crippen molar-refractivity contribution in [2.45, 2.75) is 13.3 Å². The zero-order valence-electron chi connectivity index (χ0n) is 14.0. The number of hydrogen-bond donors (Lipinski definition) is 1. The Balaban J connectivity index is 1.57. The van der Waals surface area contributed by atoms with Crippen LogP contribution in [0.5, 0.6) is 0 Å². The molecule has 0 aliphatic rings. The minimum absolute atomic E-state index is 0.0124. The van der Waals surface area contributed by atoms with E-state index in [0.29, 0.717) is 0 Å².